The number of pyridine rings is 1. The van der Waals surface area contributed by atoms with Crippen molar-refractivity contribution in [3.8, 4) is 34.1 Å². The smallest absolute Gasteiger partial charge is 0.267 e. The molecule has 0 spiro atoms. The molecule has 0 fully saturated rings. The Balaban J connectivity index is 1.89. The highest BCUT2D eigenvalue weighted by Gasteiger charge is 2.15. The molecule has 0 aliphatic heterocycles. The van der Waals surface area contributed by atoms with Crippen molar-refractivity contribution in [1.29, 1.82) is 5.26 Å². The van der Waals surface area contributed by atoms with E-state index in [0.29, 0.717) is 11.1 Å². The molecule has 5 heteroatoms. The number of ether oxygens (including phenoxy) is 1. The predicted molar refractivity (Wildman–Crippen MR) is 101 cm³/mol. The van der Waals surface area contributed by atoms with Crippen molar-refractivity contribution in [2.24, 2.45) is 0 Å². The zero-order valence-electron chi connectivity index (χ0n) is 14.0. The zero-order chi connectivity index (χ0) is 18.1. The number of nitrogens with one attached hydrogen (secondary N) is 2. The van der Waals surface area contributed by atoms with Gasteiger partial charge in [0.25, 0.3) is 5.56 Å². The van der Waals surface area contributed by atoms with Gasteiger partial charge in [-0.15, -0.1) is 0 Å². The maximum Gasteiger partial charge on any atom is 0.267 e. The molecule has 0 saturated carbocycles. The molecule has 2 aromatic heterocycles. The standard InChI is InChI=1S/C21H15N3O2/c1-26-18-5-3-2-4-15(18)13-6-8-14(9-7-13)19-16(12-22)21(25)24-17-10-11-23-20(17)19/h2-11,23H,1H3,(H,24,25). The number of aromatic amines is 2. The maximum absolute atomic E-state index is 12.2. The summed E-state index contributed by atoms with van der Waals surface area (Å²) in [5, 5.41) is 9.46. The van der Waals surface area contributed by atoms with Crippen molar-refractivity contribution in [2.75, 3.05) is 7.11 Å². The molecule has 0 bridgehead atoms. The molecule has 126 valence electrons. The Bertz CT molecular complexity index is 1190. The zero-order valence-corrected chi connectivity index (χ0v) is 14.0. The Morgan fingerprint density at radius 1 is 1.00 bits per heavy atom. The van der Waals surface area contributed by atoms with Crippen LogP contribution in [0.25, 0.3) is 33.3 Å². The summed E-state index contributed by atoms with van der Waals surface area (Å²) in [6, 6.07) is 19.3. The van der Waals surface area contributed by atoms with Crippen molar-refractivity contribution in [1.82, 2.24) is 9.97 Å². The second kappa shape index (κ2) is 6.26. The number of hydrogen-bond acceptors (Lipinski definition) is 3. The van der Waals surface area contributed by atoms with Crippen LogP contribution in [-0.2, 0) is 0 Å². The predicted octanol–water partition coefficient (Wildman–Crippen LogP) is 4.07. The number of H-pyrrole nitrogens is 2. The largest absolute Gasteiger partial charge is 0.496 e. The topological polar surface area (TPSA) is 81.7 Å². The van der Waals surface area contributed by atoms with Gasteiger partial charge in [0.05, 0.1) is 18.1 Å². The Labute approximate surface area is 149 Å². The number of nitrogens with zero attached hydrogens (tertiary/aromatic N) is 1. The van der Waals surface area contributed by atoms with Gasteiger partial charge in [-0.1, -0.05) is 42.5 Å². The normalized spacial score (nSPS) is 10.6. The lowest BCUT2D eigenvalue weighted by molar-refractivity contribution is 0.416. The Morgan fingerprint density at radius 2 is 1.73 bits per heavy atom. The first-order valence-electron chi connectivity index (χ1n) is 8.10. The van der Waals surface area contributed by atoms with E-state index in [4.69, 9.17) is 4.74 Å². The average Bonchev–Trinajstić information content (AvgIpc) is 3.15. The monoisotopic (exact) mass is 341 g/mol. The van der Waals surface area contributed by atoms with Gasteiger partial charge in [-0.25, -0.2) is 0 Å². The van der Waals surface area contributed by atoms with Crippen LogP contribution in [0.4, 0.5) is 0 Å². The molecular formula is C21H15N3O2. The molecule has 0 aliphatic rings. The third kappa shape index (κ3) is 2.45. The number of methoxy groups -OCH3 is 1. The Kier molecular flexibility index (Phi) is 3.79. The summed E-state index contributed by atoms with van der Waals surface area (Å²) in [6.07, 6.45) is 1.74. The first-order valence-corrected chi connectivity index (χ1v) is 8.10. The van der Waals surface area contributed by atoms with E-state index in [0.717, 1.165) is 28.0 Å². The van der Waals surface area contributed by atoms with E-state index in [9.17, 15) is 10.1 Å². The number of aromatic nitrogens is 2. The van der Waals surface area contributed by atoms with E-state index in [1.54, 1.807) is 19.4 Å². The van der Waals surface area contributed by atoms with E-state index < -0.39 is 0 Å². The first-order chi connectivity index (χ1) is 12.7. The number of rotatable bonds is 3. The van der Waals surface area contributed by atoms with Gasteiger partial charge in [0, 0.05) is 17.3 Å². The fraction of sp³-hybridized carbons (Fsp3) is 0.0476. The minimum absolute atomic E-state index is 0.102. The molecule has 26 heavy (non-hydrogen) atoms. The average molecular weight is 341 g/mol. The summed E-state index contributed by atoms with van der Waals surface area (Å²) in [5.74, 6) is 0.792. The van der Waals surface area contributed by atoms with Gasteiger partial charge in [-0.05, 0) is 23.3 Å². The van der Waals surface area contributed by atoms with Crippen LogP contribution in [0, 0.1) is 11.3 Å². The van der Waals surface area contributed by atoms with Gasteiger partial charge in [0.1, 0.15) is 17.4 Å². The van der Waals surface area contributed by atoms with Crippen LogP contribution in [0.1, 0.15) is 5.56 Å². The van der Waals surface area contributed by atoms with Gasteiger partial charge in [0.2, 0.25) is 0 Å². The van der Waals surface area contributed by atoms with Crippen LogP contribution in [-0.4, -0.2) is 17.1 Å². The number of fused-ring (bicyclic) bond motifs is 1. The molecule has 2 N–H and O–H groups in total. The fourth-order valence-electron chi connectivity index (χ4n) is 3.20. The van der Waals surface area contributed by atoms with Gasteiger partial charge < -0.3 is 14.7 Å². The summed E-state index contributed by atoms with van der Waals surface area (Å²) >= 11 is 0. The van der Waals surface area contributed by atoms with Gasteiger partial charge in [0.15, 0.2) is 0 Å². The van der Waals surface area contributed by atoms with Gasteiger partial charge >= 0.3 is 0 Å². The molecule has 0 amide bonds. The minimum atomic E-state index is -0.386. The van der Waals surface area contributed by atoms with Crippen LogP contribution >= 0.6 is 0 Å². The number of hydrogen-bond donors (Lipinski definition) is 2. The minimum Gasteiger partial charge on any atom is -0.496 e. The molecule has 2 aromatic carbocycles. The summed E-state index contributed by atoms with van der Waals surface area (Å²) < 4.78 is 5.42. The summed E-state index contributed by atoms with van der Waals surface area (Å²) in [7, 11) is 1.64. The van der Waals surface area contributed by atoms with Crippen molar-refractivity contribution < 1.29 is 4.74 Å². The number of benzene rings is 2. The molecule has 0 radical (unpaired) electrons. The highest BCUT2D eigenvalue weighted by atomic mass is 16.5. The molecule has 0 atom stereocenters. The van der Waals surface area contributed by atoms with Gasteiger partial charge in [-0.3, -0.25) is 4.79 Å². The summed E-state index contributed by atoms with van der Waals surface area (Å²) in [6.45, 7) is 0. The van der Waals surface area contributed by atoms with Crippen molar-refractivity contribution in [2.45, 2.75) is 0 Å². The number of para-hydroxylation sites is 1. The lowest BCUT2D eigenvalue weighted by Crippen LogP contribution is -2.11. The van der Waals surface area contributed by atoms with Gasteiger partial charge in [-0.2, -0.15) is 5.26 Å². The van der Waals surface area contributed by atoms with Crippen LogP contribution in [0.3, 0.4) is 0 Å². The van der Waals surface area contributed by atoms with Crippen molar-refractivity contribution in [3.05, 3.63) is 76.7 Å². The second-order valence-electron chi connectivity index (χ2n) is 5.86. The molecule has 0 unspecified atom stereocenters. The first kappa shape index (κ1) is 15.7. The quantitative estimate of drug-likeness (QED) is 0.589. The van der Waals surface area contributed by atoms with E-state index in [2.05, 4.69) is 9.97 Å². The SMILES string of the molecule is COc1ccccc1-c1ccc(-c2c(C#N)c(=O)[nH]c3cc[nH]c23)cc1. The molecule has 0 aliphatic carbocycles. The van der Waals surface area contributed by atoms with Crippen LogP contribution in [0.2, 0.25) is 0 Å². The van der Waals surface area contributed by atoms with Crippen LogP contribution in [0.15, 0.2) is 65.6 Å². The van der Waals surface area contributed by atoms with Crippen LogP contribution in [0.5, 0.6) is 5.75 Å². The third-order valence-electron chi connectivity index (χ3n) is 4.43. The molecule has 5 nitrogen and oxygen atoms in total. The lowest BCUT2D eigenvalue weighted by atomic mass is 9.97. The highest BCUT2D eigenvalue weighted by Crippen LogP contribution is 2.33. The second-order valence-corrected chi connectivity index (χ2v) is 5.86. The van der Waals surface area contributed by atoms with E-state index >= 15 is 0 Å². The van der Waals surface area contributed by atoms with E-state index in [1.165, 1.54) is 0 Å². The molecule has 4 rings (SSSR count). The summed E-state index contributed by atoms with van der Waals surface area (Å²) in [5.41, 5.74) is 4.54. The molecule has 0 saturated heterocycles. The molecule has 4 aromatic rings. The van der Waals surface area contributed by atoms with Crippen molar-refractivity contribution >= 4 is 11.0 Å². The Hall–Kier alpha value is -3.78. The van der Waals surface area contributed by atoms with Crippen LogP contribution < -0.4 is 10.3 Å². The van der Waals surface area contributed by atoms with E-state index in [1.807, 2.05) is 54.6 Å². The third-order valence-corrected chi connectivity index (χ3v) is 4.43. The summed E-state index contributed by atoms with van der Waals surface area (Å²) in [4.78, 5) is 18.1. The Morgan fingerprint density at radius 3 is 2.46 bits per heavy atom. The van der Waals surface area contributed by atoms with Crippen molar-refractivity contribution in [3.63, 3.8) is 0 Å². The highest BCUT2D eigenvalue weighted by molar-refractivity contribution is 5.95. The molecular weight excluding hydrogens is 326 g/mol. The fourth-order valence-corrected chi connectivity index (χ4v) is 3.20. The maximum atomic E-state index is 12.2. The molecule has 2 heterocycles. The number of nitriles is 1. The van der Waals surface area contributed by atoms with E-state index in [-0.39, 0.29) is 11.1 Å². The lowest BCUT2D eigenvalue weighted by Gasteiger charge is -2.10.